The summed E-state index contributed by atoms with van der Waals surface area (Å²) in [5.74, 6) is 0. The van der Waals surface area contributed by atoms with Crippen LogP contribution in [0.3, 0.4) is 0 Å². The number of hydrogen-bond acceptors (Lipinski definition) is 12. The van der Waals surface area contributed by atoms with Gasteiger partial charge in [-0.3, -0.25) is 0 Å². The second-order valence-corrected chi connectivity index (χ2v) is 9.34. The molecule has 0 amide bonds. The highest BCUT2D eigenvalue weighted by Crippen LogP contribution is 2.48. The molecule has 0 aromatic carbocycles. The molecule has 6 aliphatic heterocycles. The Balaban J connectivity index is 1.42. The lowest BCUT2D eigenvalue weighted by molar-refractivity contribution is -0.431. The highest BCUT2D eigenvalue weighted by molar-refractivity contribution is 5.16. The Morgan fingerprint density at radius 3 is 0.433 bits per heavy atom. The fraction of sp³-hybridized carbons (Fsp3) is 1.00. The molecule has 0 spiro atoms. The van der Waals surface area contributed by atoms with Crippen LogP contribution >= 0.6 is 0 Å². The third kappa shape index (κ3) is 2.12. The molecule has 0 saturated carbocycles. The van der Waals surface area contributed by atoms with Crippen LogP contribution in [-0.4, -0.2) is 141 Å². The van der Waals surface area contributed by atoms with Crippen molar-refractivity contribution in [3.63, 3.8) is 0 Å². The van der Waals surface area contributed by atoms with Gasteiger partial charge < -0.3 is 59.1 Å². The summed E-state index contributed by atoms with van der Waals surface area (Å²) in [4.78, 5) is 0. The lowest BCUT2D eigenvalue weighted by Crippen LogP contribution is -2.83. The Kier molecular flexibility index (Phi) is 3.87. The third-order valence-electron chi connectivity index (χ3n) is 7.87. The van der Waals surface area contributed by atoms with E-state index >= 15 is 0 Å². The summed E-state index contributed by atoms with van der Waals surface area (Å²) in [6.07, 6.45) is -20.7. The smallest absolute Gasteiger partial charge is 0.115 e. The zero-order chi connectivity index (χ0) is 20.6. The van der Waals surface area contributed by atoms with E-state index in [9.17, 15) is 30.6 Å². The van der Waals surface area contributed by atoms with Gasteiger partial charge in [0.15, 0.2) is 0 Å². The van der Waals surface area contributed by atoms with Crippen molar-refractivity contribution in [2.75, 3.05) is 0 Å². The zero-order valence-corrected chi connectivity index (χ0v) is 15.5. The second kappa shape index (κ2) is 6.10. The van der Waals surface area contributed by atoms with Crippen LogP contribution in [0.2, 0.25) is 0 Å². The first kappa shape index (κ1) is 19.0. The Labute approximate surface area is 169 Å². The molecule has 12 heteroatoms. The topological polar surface area (TPSA) is 177 Å². The molecule has 17 unspecified atom stereocenters. The first-order chi connectivity index (χ1) is 14.4. The van der Waals surface area contributed by atoms with Crippen molar-refractivity contribution in [2.45, 2.75) is 110 Å². The van der Waals surface area contributed by atoms with Gasteiger partial charge in [-0.05, 0) is 0 Å². The highest BCUT2D eigenvalue weighted by Gasteiger charge is 2.69. The van der Waals surface area contributed by atoms with Gasteiger partial charge in [-0.25, -0.2) is 0 Å². The van der Waals surface area contributed by atoms with Crippen LogP contribution in [0.4, 0.5) is 0 Å². The molecule has 168 valence electrons. The van der Waals surface area contributed by atoms with Crippen LogP contribution in [0, 0.1) is 0 Å². The average Bonchev–Trinajstić information content (AvgIpc) is 2.72. The predicted molar refractivity (Wildman–Crippen MR) is 88.0 cm³/mol. The van der Waals surface area contributed by atoms with Crippen molar-refractivity contribution in [1.29, 1.82) is 0 Å². The molecular formula is C18H24O12. The van der Waals surface area contributed by atoms with Gasteiger partial charge in [-0.2, -0.15) is 0 Å². The Bertz CT molecular complexity index is 535. The van der Waals surface area contributed by atoms with Crippen molar-refractivity contribution in [3.05, 3.63) is 0 Å². The zero-order valence-electron chi connectivity index (χ0n) is 15.5. The molecule has 0 aromatic heterocycles. The maximum atomic E-state index is 11.0. The fourth-order valence-electron chi connectivity index (χ4n) is 6.44. The van der Waals surface area contributed by atoms with Crippen molar-refractivity contribution < 1.29 is 59.1 Å². The maximum absolute atomic E-state index is 11.0. The average molecular weight is 432 g/mol. The highest BCUT2D eigenvalue weighted by atomic mass is 16.7. The third-order valence-corrected chi connectivity index (χ3v) is 7.87. The lowest BCUT2D eigenvalue weighted by atomic mass is 9.74. The Morgan fingerprint density at radius 1 is 0.233 bits per heavy atom. The number of aliphatic hydroxyl groups excluding tert-OH is 6. The number of ether oxygens (including phenoxy) is 6. The molecule has 0 aromatic rings. The first-order valence-electron chi connectivity index (χ1n) is 10.4. The minimum atomic E-state index is -1.31. The molecule has 0 bridgehead atoms. The van der Waals surface area contributed by atoms with E-state index in [1.54, 1.807) is 0 Å². The summed E-state index contributed by atoms with van der Waals surface area (Å²) in [7, 11) is 0. The summed E-state index contributed by atoms with van der Waals surface area (Å²) < 4.78 is 35.7. The van der Waals surface area contributed by atoms with Crippen molar-refractivity contribution in [1.82, 2.24) is 0 Å². The Hall–Kier alpha value is -0.480. The standard InChI is InChI=1S/C18H24O12/c19-1-7-9-2(20)13-11(25-7)4(22)15-17(28-13)6(24)18-16(30-15)5(23)12-14(29-18)3(21)10(27-9)8(1)26-12/h1-24H/t1?,2?,3?,4?,5?,6?,7-,8?,9?,10?,11?,12?,13?,14?,15?,16?,17?,18?/m0/s1. The minimum Gasteiger partial charge on any atom is -0.387 e. The SMILES string of the molecule is OC1C2OC3C(O)C4OC5C(O)C6OC1C1OC2C(O)C3OC4C(O)[C@@H]5OC6C1O. The van der Waals surface area contributed by atoms with E-state index in [1.165, 1.54) is 0 Å². The van der Waals surface area contributed by atoms with Gasteiger partial charge in [0.05, 0.1) is 0 Å². The molecule has 6 N–H and O–H groups in total. The quantitative estimate of drug-likeness (QED) is 0.215. The molecular weight excluding hydrogens is 408 g/mol. The number of rotatable bonds is 0. The molecule has 6 aliphatic rings. The molecule has 0 aliphatic carbocycles. The van der Waals surface area contributed by atoms with Gasteiger partial charge in [0.25, 0.3) is 0 Å². The molecule has 12 nitrogen and oxygen atoms in total. The number of hydrogen-bond donors (Lipinski definition) is 6. The fourth-order valence-corrected chi connectivity index (χ4v) is 6.44. The van der Waals surface area contributed by atoms with Crippen LogP contribution < -0.4 is 0 Å². The van der Waals surface area contributed by atoms with Gasteiger partial charge in [-0.1, -0.05) is 0 Å². The maximum Gasteiger partial charge on any atom is 0.115 e. The van der Waals surface area contributed by atoms with Crippen LogP contribution in [0.1, 0.15) is 0 Å². The van der Waals surface area contributed by atoms with E-state index in [1.807, 2.05) is 0 Å². The van der Waals surface area contributed by atoms with E-state index in [4.69, 9.17) is 28.4 Å². The number of fused-ring (bicyclic) bond motifs is 6. The first-order valence-corrected chi connectivity index (χ1v) is 10.4. The minimum absolute atomic E-state index is 1.07. The summed E-state index contributed by atoms with van der Waals surface area (Å²) >= 11 is 0. The van der Waals surface area contributed by atoms with Crippen molar-refractivity contribution in [2.24, 2.45) is 0 Å². The van der Waals surface area contributed by atoms with Crippen molar-refractivity contribution >= 4 is 0 Å². The normalized spacial score (nSPS) is 70.2. The van der Waals surface area contributed by atoms with E-state index in [-0.39, 0.29) is 0 Å². The molecule has 18 atom stereocenters. The predicted octanol–water partition coefficient (Wildman–Crippen LogP) is -5.23. The van der Waals surface area contributed by atoms with E-state index in [0.717, 1.165) is 0 Å². The second-order valence-electron chi connectivity index (χ2n) is 9.34. The molecule has 6 saturated heterocycles. The van der Waals surface area contributed by atoms with Crippen LogP contribution in [0.5, 0.6) is 0 Å². The van der Waals surface area contributed by atoms with E-state index in [2.05, 4.69) is 0 Å². The molecule has 6 rings (SSSR count). The van der Waals surface area contributed by atoms with Crippen LogP contribution in [-0.2, 0) is 28.4 Å². The van der Waals surface area contributed by atoms with Gasteiger partial charge in [-0.15, -0.1) is 0 Å². The largest absolute Gasteiger partial charge is 0.387 e. The summed E-state index contributed by atoms with van der Waals surface area (Å²) in [5, 5.41) is 66.0. The van der Waals surface area contributed by atoms with Gasteiger partial charge in [0.2, 0.25) is 0 Å². The monoisotopic (exact) mass is 432 g/mol. The summed E-state index contributed by atoms with van der Waals surface area (Å²) in [6.45, 7) is 0. The molecule has 6 fully saturated rings. The Morgan fingerprint density at radius 2 is 0.333 bits per heavy atom. The summed E-state index contributed by atoms with van der Waals surface area (Å²) in [6, 6.07) is 0. The van der Waals surface area contributed by atoms with E-state index < -0.39 is 110 Å². The van der Waals surface area contributed by atoms with Crippen molar-refractivity contribution in [3.8, 4) is 0 Å². The molecule has 30 heavy (non-hydrogen) atoms. The van der Waals surface area contributed by atoms with Gasteiger partial charge in [0.1, 0.15) is 110 Å². The van der Waals surface area contributed by atoms with E-state index in [0.29, 0.717) is 0 Å². The van der Waals surface area contributed by atoms with Gasteiger partial charge in [0, 0.05) is 0 Å². The van der Waals surface area contributed by atoms with Gasteiger partial charge >= 0.3 is 0 Å². The molecule has 6 heterocycles. The number of aliphatic hydroxyl groups is 6. The summed E-state index contributed by atoms with van der Waals surface area (Å²) in [5.41, 5.74) is 0. The molecule has 0 radical (unpaired) electrons. The van der Waals surface area contributed by atoms with Crippen LogP contribution in [0.25, 0.3) is 0 Å². The lowest BCUT2D eigenvalue weighted by Gasteiger charge is -2.63. The van der Waals surface area contributed by atoms with Crippen LogP contribution in [0.15, 0.2) is 0 Å².